The van der Waals surface area contributed by atoms with Crippen LogP contribution in [0.5, 0.6) is 0 Å². The summed E-state index contributed by atoms with van der Waals surface area (Å²) in [6, 6.07) is 17.1. The van der Waals surface area contributed by atoms with Gasteiger partial charge in [0.15, 0.2) is 0 Å². The van der Waals surface area contributed by atoms with E-state index in [0.29, 0.717) is 5.56 Å². The first-order valence-electron chi connectivity index (χ1n) is 5.04. The summed E-state index contributed by atoms with van der Waals surface area (Å²) in [6.45, 7) is 0.00690. The van der Waals surface area contributed by atoms with E-state index in [1.165, 1.54) is 0 Å². The van der Waals surface area contributed by atoms with Crippen LogP contribution < -0.4 is 0 Å². The highest BCUT2D eigenvalue weighted by Gasteiger charge is 2.03. The Bertz CT molecular complexity index is 540. The first kappa shape index (κ1) is 10.4. The third-order valence-electron chi connectivity index (χ3n) is 2.49. The van der Waals surface area contributed by atoms with Crippen molar-refractivity contribution in [2.24, 2.45) is 0 Å². The molecular formula is C14H11NO. The molecule has 0 amide bonds. The van der Waals surface area contributed by atoms with Crippen molar-refractivity contribution in [2.75, 3.05) is 0 Å². The van der Waals surface area contributed by atoms with Crippen LogP contribution in [0.15, 0.2) is 48.5 Å². The SMILES string of the molecule is N#Cc1cccc(-c2ccccc2CO)c1. The minimum absolute atomic E-state index is 0.00690. The molecule has 0 fully saturated rings. The summed E-state index contributed by atoms with van der Waals surface area (Å²) in [5.74, 6) is 0. The maximum absolute atomic E-state index is 9.24. The Morgan fingerprint density at radius 2 is 1.88 bits per heavy atom. The summed E-state index contributed by atoms with van der Waals surface area (Å²) in [4.78, 5) is 0. The van der Waals surface area contributed by atoms with Crippen molar-refractivity contribution in [3.05, 3.63) is 59.7 Å². The number of hydrogen-bond acceptors (Lipinski definition) is 2. The van der Waals surface area contributed by atoms with E-state index < -0.39 is 0 Å². The number of rotatable bonds is 2. The Hall–Kier alpha value is -2.11. The van der Waals surface area contributed by atoms with Crippen LogP contribution in [0.2, 0.25) is 0 Å². The summed E-state index contributed by atoms with van der Waals surface area (Å²) in [7, 11) is 0. The molecule has 0 saturated heterocycles. The molecule has 0 aliphatic heterocycles. The first-order chi connectivity index (χ1) is 7.85. The second kappa shape index (κ2) is 4.61. The molecule has 78 valence electrons. The predicted molar refractivity (Wildman–Crippen MR) is 62.5 cm³/mol. The van der Waals surface area contributed by atoms with Crippen molar-refractivity contribution < 1.29 is 5.11 Å². The van der Waals surface area contributed by atoms with E-state index in [2.05, 4.69) is 6.07 Å². The number of aliphatic hydroxyl groups is 1. The quantitative estimate of drug-likeness (QED) is 0.826. The Balaban J connectivity index is 2.54. The van der Waals surface area contributed by atoms with Crippen LogP contribution in [0.4, 0.5) is 0 Å². The van der Waals surface area contributed by atoms with Gasteiger partial charge < -0.3 is 5.11 Å². The van der Waals surface area contributed by atoms with Gasteiger partial charge in [0.2, 0.25) is 0 Å². The third kappa shape index (κ3) is 1.95. The minimum Gasteiger partial charge on any atom is -0.392 e. The normalized spacial score (nSPS) is 9.75. The van der Waals surface area contributed by atoms with E-state index in [-0.39, 0.29) is 6.61 Å². The Labute approximate surface area is 94.4 Å². The fraction of sp³-hybridized carbons (Fsp3) is 0.0714. The van der Waals surface area contributed by atoms with Crippen LogP contribution in [-0.2, 0) is 6.61 Å². The lowest BCUT2D eigenvalue weighted by molar-refractivity contribution is 0.282. The summed E-state index contributed by atoms with van der Waals surface area (Å²) in [5.41, 5.74) is 3.44. The monoisotopic (exact) mass is 209 g/mol. The summed E-state index contributed by atoms with van der Waals surface area (Å²) in [6.07, 6.45) is 0. The Kier molecular flexibility index (Phi) is 3.00. The van der Waals surface area contributed by atoms with E-state index in [1.54, 1.807) is 6.07 Å². The van der Waals surface area contributed by atoms with Crippen molar-refractivity contribution in [3.63, 3.8) is 0 Å². The zero-order valence-electron chi connectivity index (χ0n) is 8.72. The average Bonchev–Trinajstić information content (AvgIpc) is 2.38. The Morgan fingerprint density at radius 3 is 2.62 bits per heavy atom. The van der Waals surface area contributed by atoms with Crippen molar-refractivity contribution in [2.45, 2.75) is 6.61 Å². The molecule has 0 spiro atoms. The van der Waals surface area contributed by atoms with Gasteiger partial charge in [-0.1, -0.05) is 36.4 Å². The highest BCUT2D eigenvalue weighted by atomic mass is 16.3. The molecular weight excluding hydrogens is 198 g/mol. The molecule has 2 heteroatoms. The lowest BCUT2D eigenvalue weighted by atomic mass is 9.99. The Morgan fingerprint density at radius 1 is 1.06 bits per heavy atom. The average molecular weight is 209 g/mol. The van der Waals surface area contributed by atoms with Crippen molar-refractivity contribution in [3.8, 4) is 17.2 Å². The lowest BCUT2D eigenvalue weighted by Gasteiger charge is -2.07. The zero-order valence-corrected chi connectivity index (χ0v) is 8.72. The molecule has 0 aliphatic rings. The number of aliphatic hydroxyl groups excluding tert-OH is 1. The molecule has 0 saturated carbocycles. The fourth-order valence-corrected chi connectivity index (χ4v) is 1.70. The number of nitrogens with zero attached hydrogens (tertiary/aromatic N) is 1. The molecule has 0 aromatic heterocycles. The maximum Gasteiger partial charge on any atom is 0.0991 e. The van der Waals surface area contributed by atoms with Gasteiger partial charge in [-0.25, -0.2) is 0 Å². The van der Waals surface area contributed by atoms with Crippen molar-refractivity contribution in [1.29, 1.82) is 5.26 Å². The molecule has 2 aromatic carbocycles. The third-order valence-corrected chi connectivity index (χ3v) is 2.49. The van der Waals surface area contributed by atoms with E-state index in [1.807, 2.05) is 42.5 Å². The summed E-state index contributed by atoms with van der Waals surface area (Å²) < 4.78 is 0. The van der Waals surface area contributed by atoms with Crippen LogP contribution in [0.25, 0.3) is 11.1 Å². The zero-order chi connectivity index (χ0) is 11.4. The molecule has 2 aromatic rings. The highest BCUT2D eigenvalue weighted by molar-refractivity contribution is 5.68. The number of hydrogen-bond donors (Lipinski definition) is 1. The van der Waals surface area contributed by atoms with E-state index in [9.17, 15) is 5.11 Å². The van der Waals surface area contributed by atoms with Gasteiger partial charge in [0.05, 0.1) is 18.2 Å². The van der Waals surface area contributed by atoms with Crippen LogP contribution in [0.3, 0.4) is 0 Å². The molecule has 16 heavy (non-hydrogen) atoms. The number of nitriles is 1. The van der Waals surface area contributed by atoms with Crippen LogP contribution >= 0.6 is 0 Å². The topological polar surface area (TPSA) is 44.0 Å². The molecule has 0 unspecified atom stereocenters. The van der Waals surface area contributed by atoms with Crippen molar-refractivity contribution >= 4 is 0 Å². The summed E-state index contributed by atoms with van der Waals surface area (Å²) in [5, 5.41) is 18.1. The standard InChI is InChI=1S/C14H11NO/c15-9-11-4-3-6-12(8-11)14-7-2-1-5-13(14)10-16/h1-8,16H,10H2. The van der Waals surface area contributed by atoms with Crippen molar-refractivity contribution in [1.82, 2.24) is 0 Å². The molecule has 0 bridgehead atoms. The lowest BCUT2D eigenvalue weighted by Crippen LogP contribution is -1.89. The fourth-order valence-electron chi connectivity index (χ4n) is 1.70. The largest absolute Gasteiger partial charge is 0.392 e. The minimum atomic E-state index is 0.00690. The van der Waals surface area contributed by atoms with Gasteiger partial charge in [-0.2, -0.15) is 5.26 Å². The van der Waals surface area contributed by atoms with Gasteiger partial charge in [0.25, 0.3) is 0 Å². The smallest absolute Gasteiger partial charge is 0.0991 e. The molecule has 0 aliphatic carbocycles. The molecule has 1 N–H and O–H groups in total. The molecule has 0 heterocycles. The van der Waals surface area contributed by atoms with E-state index in [4.69, 9.17) is 5.26 Å². The van der Waals surface area contributed by atoms with Crippen LogP contribution in [-0.4, -0.2) is 5.11 Å². The van der Waals surface area contributed by atoms with Crippen LogP contribution in [0.1, 0.15) is 11.1 Å². The highest BCUT2D eigenvalue weighted by Crippen LogP contribution is 2.24. The number of benzene rings is 2. The van der Waals surface area contributed by atoms with Gasteiger partial charge in [-0.15, -0.1) is 0 Å². The van der Waals surface area contributed by atoms with Gasteiger partial charge in [-0.05, 0) is 28.8 Å². The van der Waals surface area contributed by atoms with Gasteiger partial charge in [0, 0.05) is 0 Å². The first-order valence-corrected chi connectivity index (χ1v) is 5.04. The van der Waals surface area contributed by atoms with E-state index >= 15 is 0 Å². The second-order valence-corrected chi connectivity index (χ2v) is 3.51. The predicted octanol–water partition coefficient (Wildman–Crippen LogP) is 2.72. The van der Waals surface area contributed by atoms with Gasteiger partial charge in [0.1, 0.15) is 0 Å². The van der Waals surface area contributed by atoms with Crippen LogP contribution in [0, 0.1) is 11.3 Å². The van der Waals surface area contributed by atoms with Gasteiger partial charge in [-0.3, -0.25) is 0 Å². The van der Waals surface area contributed by atoms with Gasteiger partial charge >= 0.3 is 0 Å². The molecule has 2 nitrogen and oxygen atoms in total. The molecule has 0 atom stereocenters. The maximum atomic E-state index is 9.24. The molecule has 2 rings (SSSR count). The second-order valence-electron chi connectivity index (χ2n) is 3.51. The van der Waals surface area contributed by atoms with E-state index in [0.717, 1.165) is 16.7 Å². The molecule has 0 radical (unpaired) electrons. The summed E-state index contributed by atoms with van der Waals surface area (Å²) >= 11 is 0.